The van der Waals surface area contributed by atoms with Crippen LogP contribution in [0.5, 0.6) is 5.75 Å². The number of alkyl halides is 3. The van der Waals surface area contributed by atoms with Crippen LogP contribution in [0.4, 0.5) is 36.4 Å². The summed E-state index contributed by atoms with van der Waals surface area (Å²) in [4.78, 5) is 12.1. The number of carbonyl (C=O) groups excluding carboxylic acids is 1. The lowest BCUT2D eigenvalue weighted by atomic mass is 10.1. The van der Waals surface area contributed by atoms with E-state index in [-0.39, 0.29) is 12.4 Å². The summed E-state index contributed by atoms with van der Waals surface area (Å²) in [5, 5.41) is 1.94. The van der Waals surface area contributed by atoms with Gasteiger partial charge in [0.25, 0.3) is 5.91 Å². The average Bonchev–Trinajstić information content (AvgIpc) is 3.17. The van der Waals surface area contributed by atoms with Crippen LogP contribution < -0.4 is 10.1 Å². The molecule has 0 bridgehead atoms. The highest BCUT2D eigenvalue weighted by atomic mass is 35.5. The number of furan rings is 1. The molecular formula is C19H9ClF7NO3. The Bertz CT molecular complexity index is 1100. The number of nitrogens with one attached hydrogen (secondary N) is 1. The van der Waals surface area contributed by atoms with Gasteiger partial charge >= 0.3 is 6.18 Å². The summed E-state index contributed by atoms with van der Waals surface area (Å²) in [5.41, 5.74) is -4.48. The summed E-state index contributed by atoms with van der Waals surface area (Å²) < 4.78 is 103. The third-order valence-electron chi connectivity index (χ3n) is 3.87. The molecule has 1 aromatic heterocycles. The van der Waals surface area contributed by atoms with Crippen LogP contribution in [0.2, 0.25) is 5.02 Å². The van der Waals surface area contributed by atoms with Gasteiger partial charge in [-0.05, 0) is 36.4 Å². The van der Waals surface area contributed by atoms with Crippen molar-refractivity contribution in [3.8, 4) is 5.75 Å². The molecule has 0 aliphatic rings. The van der Waals surface area contributed by atoms with Crippen LogP contribution in [0.25, 0.3) is 0 Å². The summed E-state index contributed by atoms with van der Waals surface area (Å²) in [6.45, 7) is -0.166. The normalized spacial score (nSPS) is 11.5. The molecule has 0 saturated carbocycles. The smallest absolute Gasteiger partial charge is 0.422 e. The van der Waals surface area contributed by atoms with Crippen molar-refractivity contribution in [3.05, 3.63) is 81.8 Å². The average molecular weight is 468 g/mol. The molecule has 31 heavy (non-hydrogen) atoms. The summed E-state index contributed by atoms with van der Waals surface area (Å²) in [6.07, 6.45) is -5.70. The summed E-state index contributed by atoms with van der Waals surface area (Å²) in [7, 11) is 0. The van der Waals surface area contributed by atoms with E-state index in [2.05, 4.69) is 0 Å². The van der Waals surface area contributed by atoms with E-state index < -0.39 is 52.4 Å². The van der Waals surface area contributed by atoms with Crippen LogP contribution in [-0.4, -0.2) is 5.91 Å². The van der Waals surface area contributed by atoms with Crippen molar-refractivity contribution in [2.75, 3.05) is 5.32 Å². The van der Waals surface area contributed by atoms with Gasteiger partial charge < -0.3 is 14.5 Å². The van der Waals surface area contributed by atoms with E-state index in [0.29, 0.717) is 10.8 Å². The second-order valence-electron chi connectivity index (χ2n) is 5.97. The van der Waals surface area contributed by atoms with Gasteiger partial charge in [0, 0.05) is 5.02 Å². The molecule has 3 aromatic rings. The minimum absolute atomic E-state index is 0.0887. The van der Waals surface area contributed by atoms with Crippen molar-refractivity contribution < 1.29 is 44.7 Å². The monoisotopic (exact) mass is 467 g/mol. The summed E-state index contributed by atoms with van der Waals surface area (Å²) in [6, 6.07) is 8.55. The van der Waals surface area contributed by atoms with Gasteiger partial charge in [-0.1, -0.05) is 11.6 Å². The Hall–Kier alpha value is -3.21. The number of benzene rings is 2. The highest BCUT2D eigenvalue weighted by molar-refractivity contribution is 6.30. The predicted octanol–water partition coefficient (Wildman–Crippen LogP) is 6.34. The van der Waals surface area contributed by atoms with E-state index in [4.69, 9.17) is 20.8 Å². The number of amides is 1. The second kappa shape index (κ2) is 8.50. The lowest BCUT2D eigenvalue weighted by Gasteiger charge is -2.14. The molecule has 0 aliphatic heterocycles. The van der Waals surface area contributed by atoms with Gasteiger partial charge in [0.2, 0.25) is 0 Å². The highest BCUT2D eigenvalue weighted by Gasteiger charge is 2.42. The molecule has 0 saturated heterocycles. The van der Waals surface area contributed by atoms with Gasteiger partial charge in [0.15, 0.2) is 29.0 Å². The third-order valence-corrected chi connectivity index (χ3v) is 4.12. The van der Waals surface area contributed by atoms with Crippen molar-refractivity contribution in [3.63, 3.8) is 0 Å². The largest absolute Gasteiger partial charge is 0.486 e. The molecule has 0 spiro atoms. The summed E-state index contributed by atoms with van der Waals surface area (Å²) in [5.74, 6) is -11.6. The molecule has 1 N–H and O–H groups in total. The van der Waals surface area contributed by atoms with Crippen LogP contribution in [-0.2, 0) is 12.8 Å². The Morgan fingerprint density at radius 2 is 1.52 bits per heavy atom. The van der Waals surface area contributed by atoms with Crippen LogP contribution in [0.15, 0.2) is 40.8 Å². The highest BCUT2D eigenvalue weighted by Crippen LogP contribution is 2.38. The van der Waals surface area contributed by atoms with Crippen molar-refractivity contribution in [1.29, 1.82) is 0 Å². The predicted molar refractivity (Wildman–Crippen MR) is 93.7 cm³/mol. The zero-order chi connectivity index (χ0) is 22.9. The standard InChI is InChI=1S/C19H9ClF7NO3/c20-8-1-3-9(4-2-8)30-7-10-5-6-11(31-10)18(29)28-17-15(23)13(21)12(19(25,26)27)14(22)16(17)24/h1-6H,7H2,(H,28,29). The second-order valence-corrected chi connectivity index (χ2v) is 6.40. The molecule has 0 aliphatic carbocycles. The fourth-order valence-electron chi connectivity index (χ4n) is 2.43. The van der Waals surface area contributed by atoms with E-state index >= 15 is 0 Å². The molecule has 164 valence electrons. The zero-order valence-corrected chi connectivity index (χ0v) is 15.7. The molecular weight excluding hydrogens is 459 g/mol. The molecule has 2 aromatic carbocycles. The molecule has 0 unspecified atom stereocenters. The van der Waals surface area contributed by atoms with Crippen LogP contribution in [0, 0.1) is 23.3 Å². The molecule has 4 nitrogen and oxygen atoms in total. The van der Waals surface area contributed by atoms with Crippen molar-refractivity contribution in [1.82, 2.24) is 0 Å². The number of hydrogen-bond donors (Lipinski definition) is 1. The first-order chi connectivity index (χ1) is 14.5. The maximum atomic E-state index is 13.9. The Morgan fingerprint density at radius 3 is 2.06 bits per heavy atom. The van der Waals surface area contributed by atoms with Crippen LogP contribution in [0.3, 0.4) is 0 Å². The Labute approximate surface area is 174 Å². The first-order valence-corrected chi connectivity index (χ1v) is 8.58. The van der Waals surface area contributed by atoms with Crippen molar-refractivity contribution >= 4 is 23.2 Å². The van der Waals surface area contributed by atoms with E-state index in [9.17, 15) is 35.5 Å². The number of halogens is 8. The Kier molecular flexibility index (Phi) is 6.16. The molecule has 1 amide bonds. The number of hydrogen-bond acceptors (Lipinski definition) is 3. The maximum Gasteiger partial charge on any atom is 0.422 e. The van der Waals surface area contributed by atoms with Gasteiger partial charge in [-0.25, -0.2) is 17.6 Å². The lowest BCUT2D eigenvalue weighted by Crippen LogP contribution is -2.20. The topological polar surface area (TPSA) is 51.5 Å². The molecule has 3 rings (SSSR count). The number of anilines is 1. The minimum atomic E-state index is -5.70. The fraction of sp³-hybridized carbons (Fsp3) is 0.105. The van der Waals surface area contributed by atoms with Gasteiger partial charge in [-0.2, -0.15) is 13.2 Å². The summed E-state index contributed by atoms with van der Waals surface area (Å²) >= 11 is 5.73. The maximum absolute atomic E-state index is 13.9. The molecule has 0 radical (unpaired) electrons. The lowest BCUT2D eigenvalue weighted by molar-refractivity contribution is -0.143. The third kappa shape index (κ3) is 4.76. The quantitative estimate of drug-likeness (QED) is 0.352. The SMILES string of the molecule is O=C(Nc1c(F)c(F)c(C(F)(F)F)c(F)c1F)c1ccc(COc2ccc(Cl)cc2)o1. The molecule has 0 atom stereocenters. The van der Waals surface area contributed by atoms with Crippen LogP contribution in [0.1, 0.15) is 21.9 Å². The van der Waals surface area contributed by atoms with Gasteiger partial charge in [0.1, 0.15) is 29.4 Å². The van der Waals surface area contributed by atoms with Crippen molar-refractivity contribution in [2.45, 2.75) is 12.8 Å². The minimum Gasteiger partial charge on any atom is -0.486 e. The van der Waals surface area contributed by atoms with Gasteiger partial charge in [-0.15, -0.1) is 0 Å². The number of rotatable bonds is 5. The first-order valence-electron chi connectivity index (χ1n) is 8.20. The van der Waals surface area contributed by atoms with E-state index in [1.807, 2.05) is 0 Å². The first kappa shape index (κ1) is 22.5. The van der Waals surface area contributed by atoms with Gasteiger partial charge in [-0.3, -0.25) is 4.79 Å². The van der Waals surface area contributed by atoms with E-state index in [1.165, 1.54) is 11.4 Å². The Balaban J connectivity index is 1.77. The van der Waals surface area contributed by atoms with Gasteiger partial charge in [0.05, 0.1) is 0 Å². The molecule has 0 fully saturated rings. The molecule has 1 heterocycles. The zero-order valence-electron chi connectivity index (χ0n) is 14.9. The number of carbonyl (C=O) groups is 1. The van der Waals surface area contributed by atoms with Crippen LogP contribution >= 0.6 is 11.6 Å². The number of ether oxygens (including phenoxy) is 1. The van der Waals surface area contributed by atoms with E-state index in [1.54, 1.807) is 24.3 Å². The Morgan fingerprint density at radius 1 is 0.935 bits per heavy atom. The molecule has 12 heteroatoms. The fourth-order valence-corrected chi connectivity index (χ4v) is 2.55. The van der Waals surface area contributed by atoms with E-state index in [0.717, 1.165) is 6.07 Å². The van der Waals surface area contributed by atoms with Crippen molar-refractivity contribution in [2.24, 2.45) is 0 Å².